The summed E-state index contributed by atoms with van der Waals surface area (Å²) in [6.45, 7) is 0. The van der Waals surface area contributed by atoms with E-state index >= 15 is 0 Å². The van der Waals surface area contributed by atoms with Crippen molar-refractivity contribution >= 4 is 34.1 Å². The van der Waals surface area contributed by atoms with Crippen molar-refractivity contribution < 1.29 is 0 Å². The van der Waals surface area contributed by atoms with Crippen LogP contribution in [0.1, 0.15) is 0 Å². The molecule has 2 heterocycles. The van der Waals surface area contributed by atoms with Gasteiger partial charge in [0.15, 0.2) is 0 Å². The number of anilines is 2. The summed E-state index contributed by atoms with van der Waals surface area (Å²) < 4.78 is 0. The molecule has 0 aliphatic carbocycles. The second-order valence-electron chi connectivity index (χ2n) is 3.95. The third kappa shape index (κ3) is 1.80. The second-order valence-corrected chi connectivity index (χ2v) is 4.29. The standard InChI is InChI=1S/C13H11ClN4/c1-18(9-5-3-2-4-6-9)12-10-7-8-15-11(10)16-13(14)17-12/h2-8H,1H3,(H,15,16,17). The van der Waals surface area contributed by atoms with Crippen molar-refractivity contribution in [2.24, 2.45) is 0 Å². The lowest BCUT2D eigenvalue weighted by molar-refractivity contribution is 1.11. The molecular weight excluding hydrogens is 248 g/mol. The van der Waals surface area contributed by atoms with Crippen molar-refractivity contribution in [3.63, 3.8) is 0 Å². The fraction of sp³-hybridized carbons (Fsp3) is 0.0769. The van der Waals surface area contributed by atoms with Crippen LogP contribution in [0.3, 0.4) is 0 Å². The van der Waals surface area contributed by atoms with E-state index in [0.29, 0.717) is 0 Å². The summed E-state index contributed by atoms with van der Waals surface area (Å²) in [7, 11) is 1.96. The van der Waals surface area contributed by atoms with Crippen LogP contribution < -0.4 is 4.90 Å². The molecular formula is C13H11ClN4. The SMILES string of the molecule is CN(c1ccccc1)c1nc(Cl)nc2[nH]ccc12. The third-order valence-electron chi connectivity index (χ3n) is 2.83. The van der Waals surface area contributed by atoms with E-state index in [1.807, 2.05) is 54.5 Å². The zero-order chi connectivity index (χ0) is 12.5. The van der Waals surface area contributed by atoms with Crippen molar-refractivity contribution in [1.82, 2.24) is 15.0 Å². The molecule has 4 nitrogen and oxygen atoms in total. The van der Waals surface area contributed by atoms with E-state index in [1.165, 1.54) is 0 Å². The highest BCUT2D eigenvalue weighted by atomic mass is 35.5. The second kappa shape index (κ2) is 4.31. The van der Waals surface area contributed by atoms with Crippen molar-refractivity contribution in [3.8, 4) is 0 Å². The fourth-order valence-electron chi connectivity index (χ4n) is 1.93. The van der Waals surface area contributed by atoms with E-state index in [4.69, 9.17) is 11.6 Å². The zero-order valence-electron chi connectivity index (χ0n) is 9.76. The minimum Gasteiger partial charge on any atom is -0.346 e. The number of H-pyrrole nitrogens is 1. The van der Waals surface area contributed by atoms with E-state index in [1.54, 1.807) is 0 Å². The Hall–Kier alpha value is -2.07. The average Bonchev–Trinajstić information content (AvgIpc) is 2.86. The summed E-state index contributed by atoms with van der Waals surface area (Å²) in [5.74, 6) is 0.789. The number of nitrogens with zero attached hydrogens (tertiary/aromatic N) is 3. The highest BCUT2D eigenvalue weighted by Gasteiger charge is 2.12. The molecule has 0 atom stereocenters. The average molecular weight is 259 g/mol. The van der Waals surface area contributed by atoms with Crippen molar-refractivity contribution in [2.45, 2.75) is 0 Å². The van der Waals surface area contributed by atoms with Gasteiger partial charge in [0.1, 0.15) is 11.5 Å². The molecule has 5 heteroatoms. The van der Waals surface area contributed by atoms with Gasteiger partial charge in [-0.05, 0) is 29.8 Å². The first-order valence-electron chi connectivity index (χ1n) is 5.55. The van der Waals surface area contributed by atoms with Gasteiger partial charge in [-0.3, -0.25) is 0 Å². The zero-order valence-corrected chi connectivity index (χ0v) is 10.5. The van der Waals surface area contributed by atoms with Gasteiger partial charge in [-0.2, -0.15) is 9.97 Å². The summed E-state index contributed by atoms with van der Waals surface area (Å²) in [4.78, 5) is 13.5. The number of halogens is 1. The molecule has 0 bridgehead atoms. The molecule has 0 unspecified atom stereocenters. The van der Waals surface area contributed by atoms with Crippen LogP contribution in [0.2, 0.25) is 5.28 Å². The Morgan fingerprint density at radius 2 is 1.89 bits per heavy atom. The molecule has 3 rings (SSSR count). The Balaban J connectivity index is 2.17. The number of aromatic amines is 1. The van der Waals surface area contributed by atoms with Crippen LogP contribution in [0.4, 0.5) is 11.5 Å². The van der Waals surface area contributed by atoms with Gasteiger partial charge in [-0.15, -0.1) is 0 Å². The Morgan fingerprint density at radius 1 is 1.11 bits per heavy atom. The predicted octanol–water partition coefficient (Wildman–Crippen LogP) is 3.38. The van der Waals surface area contributed by atoms with Crippen LogP contribution in [0.25, 0.3) is 11.0 Å². The molecule has 18 heavy (non-hydrogen) atoms. The lowest BCUT2D eigenvalue weighted by Crippen LogP contribution is -2.11. The maximum absolute atomic E-state index is 5.94. The molecule has 1 N–H and O–H groups in total. The van der Waals surface area contributed by atoms with Gasteiger partial charge in [0.25, 0.3) is 0 Å². The van der Waals surface area contributed by atoms with Crippen molar-refractivity contribution in [3.05, 3.63) is 47.9 Å². The molecule has 0 saturated heterocycles. The smallest absolute Gasteiger partial charge is 0.226 e. The number of para-hydroxylation sites is 1. The lowest BCUT2D eigenvalue weighted by atomic mass is 10.3. The number of fused-ring (bicyclic) bond motifs is 1. The van der Waals surface area contributed by atoms with Crippen LogP contribution in [-0.4, -0.2) is 22.0 Å². The van der Waals surface area contributed by atoms with Crippen molar-refractivity contribution in [2.75, 3.05) is 11.9 Å². The summed E-state index contributed by atoms with van der Waals surface area (Å²) in [6, 6.07) is 11.9. The van der Waals surface area contributed by atoms with Crippen LogP contribution in [-0.2, 0) is 0 Å². The lowest BCUT2D eigenvalue weighted by Gasteiger charge is -2.18. The summed E-state index contributed by atoms with van der Waals surface area (Å²) in [6.07, 6.45) is 1.83. The maximum Gasteiger partial charge on any atom is 0.226 e. The van der Waals surface area contributed by atoms with E-state index in [9.17, 15) is 0 Å². The van der Waals surface area contributed by atoms with E-state index in [0.717, 1.165) is 22.5 Å². The molecule has 0 aliphatic rings. The van der Waals surface area contributed by atoms with Crippen molar-refractivity contribution in [1.29, 1.82) is 0 Å². The van der Waals surface area contributed by atoms with E-state index in [2.05, 4.69) is 15.0 Å². The minimum absolute atomic E-state index is 0.239. The van der Waals surface area contributed by atoms with Crippen LogP contribution in [0.15, 0.2) is 42.6 Å². The first kappa shape index (κ1) is 11.0. The summed E-state index contributed by atoms with van der Waals surface area (Å²) in [5, 5.41) is 1.19. The molecule has 0 amide bonds. The van der Waals surface area contributed by atoms with E-state index in [-0.39, 0.29) is 5.28 Å². The summed E-state index contributed by atoms with van der Waals surface area (Å²) >= 11 is 5.94. The molecule has 90 valence electrons. The molecule has 0 saturated carbocycles. The van der Waals surface area contributed by atoms with Gasteiger partial charge in [0, 0.05) is 18.9 Å². The molecule has 3 aromatic rings. The van der Waals surface area contributed by atoms with Gasteiger partial charge in [-0.1, -0.05) is 18.2 Å². The number of benzene rings is 1. The quantitative estimate of drug-likeness (QED) is 0.717. The number of hydrogen-bond acceptors (Lipinski definition) is 3. The van der Waals surface area contributed by atoms with Crippen LogP contribution in [0, 0.1) is 0 Å². The first-order chi connectivity index (χ1) is 8.75. The third-order valence-corrected chi connectivity index (χ3v) is 3.00. The number of rotatable bonds is 2. The molecule has 0 aliphatic heterocycles. The van der Waals surface area contributed by atoms with Gasteiger partial charge in [-0.25, -0.2) is 0 Å². The van der Waals surface area contributed by atoms with Gasteiger partial charge in [0.2, 0.25) is 5.28 Å². The number of hydrogen-bond donors (Lipinski definition) is 1. The monoisotopic (exact) mass is 258 g/mol. The molecule has 2 aromatic heterocycles. The Morgan fingerprint density at radius 3 is 2.67 bits per heavy atom. The molecule has 0 radical (unpaired) electrons. The number of nitrogens with one attached hydrogen (secondary N) is 1. The van der Waals surface area contributed by atoms with Gasteiger partial charge >= 0.3 is 0 Å². The largest absolute Gasteiger partial charge is 0.346 e. The Labute approximate surface area is 109 Å². The molecule has 0 spiro atoms. The number of aromatic nitrogens is 3. The first-order valence-corrected chi connectivity index (χ1v) is 5.93. The van der Waals surface area contributed by atoms with Crippen LogP contribution in [0.5, 0.6) is 0 Å². The molecule has 1 aromatic carbocycles. The summed E-state index contributed by atoms with van der Waals surface area (Å²) in [5.41, 5.74) is 1.79. The van der Waals surface area contributed by atoms with E-state index < -0.39 is 0 Å². The fourth-order valence-corrected chi connectivity index (χ4v) is 2.09. The maximum atomic E-state index is 5.94. The minimum atomic E-state index is 0.239. The highest BCUT2D eigenvalue weighted by molar-refractivity contribution is 6.28. The van der Waals surface area contributed by atoms with Crippen LogP contribution >= 0.6 is 11.6 Å². The van der Waals surface area contributed by atoms with Gasteiger partial charge in [0.05, 0.1) is 5.39 Å². The normalized spacial score (nSPS) is 10.8. The topological polar surface area (TPSA) is 44.8 Å². The predicted molar refractivity (Wildman–Crippen MR) is 73.4 cm³/mol. The highest BCUT2D eigenvalue weighted by Crippen LogP contribution is 2.28. The Kier molecular flexibility index (Phi) is 2.64. The molecule has 0 fully saturated rings. The Bertz CT molecular complexity index is 678. The van der Waals surface area contributed by atoms with Gasteiger partial charge < -0.3 is 9.88 Å².